The third-order valence-electron chi connectivity index (χ3n) is 0.819. The topological polar surface area (TPSA) is 78.4 Å². The summed E-state index contributed by atoms with van der Waals surface area (Å²) in [7, 11) is 0. The van der Waals surface area contributed by atoms with Crippen LogP contribution >= 0.6 is 0 Å². The molecule has 0 aromatic carbocycles. The summed E-state index contributed by atoms with van der Waals surface area (Å²) in [6, 6.07) is 0. The zero-order valence-electron chi connectivity index (χ0n) is 5.46. The second-order valence-corrected chi connectivity index (χ2v) is 1.67. The second kappa shape index (κ2) is 6.03. The summed E-state index contributed by atoms with van der Waals surface area (Å²) in [4.78, 5) is 19.5. The molecule has 0 saturated carbocycles. The predicted octanol–water partition coefficient (Wildman–Crippen LogP) is -0.262. The van der Waals surface area contributed by atoms with E-state index in [1.807, 2.05) is 5.43 Å². The van der Waals surface area contributed by atoms with Crippen molar-refractivity contribution in [3.05, 3.63) is 0 Å². The highest BCUT2D eigenvalue weighted by Crippen LogP contribution is 1.78. The summed E-state index contributed by atoms with van der Waals surface area (Å²) < 4.78 is 0. The molecule has 1 amide bonds. The maximum atomic E-state index is 9.79. The zero-order chi connectivity index (χ0) is 7.82. The van der Waals surface area contributed by atoms with Gasteiger partial charge in [-0.05, 0) is 6.42 Å². The lowest BCUT2D eigenvalue weighted by Gasteiger charge is -1.99. The standard InChI is InChI=1S/C5H10N2O3/c8-4-2-1-3-6-7-5(9)10/h4,6-7H,1-3H2,(H,9,10). The minimum atomic E-state index is -1.12. The average Bonchev–Trinajstić information content (AvgIpc) is 1.87. The molecule has 0 heterocycles. The summed E-state index contributed by atoms with van der Waals surface area (Å²) in [6.45, 7) is 0.477. The number of carboxylic acid groups (broad SMARTS) is 1. The van der Waals surface area contributed by atoms with Crippen molar-refractivity contribution in [1.29, 1.82) is 0 Å². The normalized spacial score (nSPS) is 8.80. The molecular weight excluding hydrogens is 136 g/mol. The monoisotopic (exact) mass is 146 g/mol. The molecule has 0 rings (SSSR count). The first-order valence-corrected chi connectivity index (χ1v) is 2.93. The molecule has 0 fully saturated rings. The number of hydrazine groups is 1. The molecule has 0 aliphatic carbocycles. The summed E-state index contributed by atoms with van der Waals surface area (Å²) in [5, 5.41) is 8.03. The van der Waals surface area contributed by atoms with Crippen molar-refractivity contribution in [2.45, 2.75) is 12.8 Å². The maximum absolute atomic E-state index is 9.79. The van der Waals surface area contributed by atoms with Gasteiger partial charge in [0.1, 0.15) is 6.29 Å². The Balaban J connectivity index is 2.90. The number of aldehydes is 1. The van der Waals surface area contributed by atoms with Crippen molar-refractivity contribution in [3.8, 4) is 0 Å². The molecule has 5 nitrogen and oxygen atoms in total. The van der Waals surface area contributed by atoms with Crippen molar-refractivity contribution in [2.24, 2.45) is 0 Å². The molecule has 0 aromatic heterocycles. The van der Waals surface area contributed by atoms with E-state index in [9.17, 15) is 9.59 Å². The van der Waals surface area contributed by atoms with Gasteiger partial charge in [0.25, 0.3) is 0 Å². The van der Waals surface area contributed by atoms with Crippen LogP contribution in [0.1, 0.15) is 12.8 Å². The first kappa shape index (κ1) is 8.90. The van der Waals surface area contributed by atoms with E-state index in [-0.39, 0.29) is 0 Å². The molecule has 0 saturated heterocycles. The fraction of sp³-hybridized carbons (Fsp3) is 0.600. The molecule has 0 bridgehead atoms. The molecule has 0 radical (unpaired) electrons. The van der Waals surface area contributed by atoms with Crippen LogP contribution < -0.4 is 10.9 Å². The summed E-state index contributed by atoms with van der Waals surface area (Å²) in [6.07, 6.45) is 0.770. The maximum Gasteiger partial charge on any atom is 0.419 e. The first-order valence-electron chi connectivity index (χ1n) is 2.93. The van der Waals surface area contributed by atoms with E-state index < -0.39 is 6.09 Å². The van der Waals surface area contributed by atoms with Crippen molar-refractivity contribution >= 4 is 12.4 Å². The van der Waals surface area contributed by atoms with E-state index in [0.29, 0.717) is 19.4 Å². The van der Waals surface area contributed by atoms with Crippen LogP contribution in [0.5, 0.6) is 0 Å². The number of nitrogens with one attached hydrogen (secondary N) is 2. The molecule has 0 unspecified atom stereocenters. The summed E-state index contributed by atoms with van der Waals surface area (Å²) >= 11 is 0. The minimum absolute atomic E-state index is 0.453. The molecule has 10 heavy (non-hydrogen) atoms. The number of unbranched alkanes of at least 4 members (excludes halogenated alkanes) is 1. The lowest BCUT2D eigenvalue weighted by molar-refractivity contribution is -0.107. The Morgan fingerprint density at radius 2 is 2.30 bits per heavy atom. The van der Waals surface area contributed by atoms with E-state index in [1.165, 1.54) is 0 Å². The van der Waals surface area contributed by atoms with Gasteiger partial charge in [-0.25, -0.2) is 10.2 Å². The fourth-order valence-electron chi connectivity index (χ4n) is 0.412. The Hall–Kier alpha value is -1.10. The zero-order valence-corrected chi connectivity index (χ0v) is 5.46. The molecule has 5 heteroatoms. The van der Waals surface area contributed by atoms with Gasteiger partial charge in [-0.15, -0.1) is 0 Å². The van der Waals surface area contributed by atoms with Gasteiger partial charge in [-0.3, -0.25) is 5.43 Å². The molecule has 0 aromatic rings. The Morgan fingerprint density at radius 1 is 1.60 bits per heavy atom. The van der Waals surface area contributed by atoms with Crippen LogP contribution in [0.15, 0.2) is 0 Å². The van der Waals surface area contributed by atoms with Gasteiger partial charge in [-0.2, -0.15) is 0 Å². The Labute approximate surface area is 58.4 Å². The number of rotatable bonds is 5. The van der Waals surface area contributed by atoms with Gasteiger partial charge < -0.3 is 9.90 Å². The average molecular weight is 146 g/mol. The number of carbonyl (C=O) groups excluding carboxylic acids is 1. The number of carbonyl (C=O) groups is 2. The molecule has 0 spiro atoms. The van der Waals surface area contributed by atoms with E-state index in [0.717, 1.165) is 6.29 Å². The smallest absolute Gasteiger partial charge is 0.419 e. The number of hydrogen-bond donors (Lipinski definition) is 3. The van der Waals surface area contributed by atoms with Gasteiger partial charge in [0.15, 0.2) is 0 Å². The van der Waals surface area contributed by atoms with Crippen LogP contribution in [-0.2, 0) is 4.79 Å². The Kier molecular flexibility index (Phi) is 5.36. The van der Waals surface area contributed by atoms with E-state index in [2.05, 4.69) is 5.43 Å². The highest BCUT2D eigenvalue weighted by molar-refractivity contribution is 5.63. The van der Waals surface area contributed by atoms with Crippen LogP contribution in [0.4, 0.5) is 4.79 Å². The molecule has 0 aliphatic rings. The van der Waals surface area contributed by atoms with Crippen molar-refractivity contribution in [1.82, 2.24) is 10.9 Å². The minimum Gasteiger partial charge on any atom is -0.464 e. The number of amides is 1. The van der Waals surface area contributed by atoms with Crippen LogP contribution in [-0.4, -0.2) is 24.0 Å². The van der Waals surface area contributed by atoms with E-state index >= 15 is 0 Å². The quantitative estimate of drug-likeness (QED) is 0.283. The van der Waals surface area contributed by atoms with Gasteiger partial charge in [-0.1, -0.05) is 0 Å². The van der Waals surface area contributed by atoms with E-state index in [1.54, 1.807) is 0 Å². The molecule has 3 N–H and O–H groups in total. The van der Waals surface area contributed by atoms with E-state index in [4.69, 9.17) is 5.11 Å². The van der Waals surface area contributed by atoms with Gasteiger partial charge in [0.05, 0.1) is 0 Å². The Morgan fingerprint density at radius 3 is 2.80 bits per heavy atom. The van der Waals surface area contributed by atoms with Crippen LogP contribution in [0.2, 0.25) is 0 Å². The highest BCUT2D eigenvalue weighted by Gasteiger charge is 1.90. The molecule has 0 atom stereocenters. The van der Waals surface area contributed by atoms with Crippen molar-refractivity contribution in [3.63, 3.8) is 0 Å². The van der Waals surface area contributed by atoms with Crippen molar-refractivity contribution < 1.29 is 14.7 Å². The van der Waals surface area contributed by atoms with Crippen LogP contribution in [0.25, 0.3) is 0 Å². The Bertz CT molecular complexity index is 115. The number of hydrogen-bond acceptors (Lipinski definition) is 3. The van der Waals surface area contributed by atoms with Gasteiger partial charge >= 0.3 is 6.09 Å². The lowest BCUT2D eigenvalue weighted by Crippen LogP contribution is -2.36. The third kappa shape index (κ3) is 6.90. The highest BCUT2D eigenvalue weighted by atomic mass is 16.4. The van der Waals surface area contributed by atoms with Gasteiger partial charge in [0.2, 0.25) is 0 Å². The predicted molar refractivity (Wildman–Crippen MR) is 34.5 cm³/mol. The SMILES string of the molecule is O=CCCCNNC(=O)O. The van der Waals surface area contributed by atoms with Crippen LogP contribution in [0, 0.1) is 0 Å². The van der Waals surface area contributed by atoms with Crippen LogP contribution in [0.3, 0.4) is 0 Å². The fourth-order valence-corrected chi connectivity index (χ4v) is 0.412. The van der Waals surface area contributed by atoms with Crippen molar-refractivity contribution in [2.75, 3.05) is 6.54 Å². The van der Waals surface area contributed by atoms with Gasteiger partial charge in [0, 0.05) is 13.0 Å². The lowest BCUT2D eigenvalue weighted by atomic mass is 10.3. The first-order chi connectivity index (χ1) is 4.77. The summed E-state index contributed by atoms with van der Waals surface area (Å²) in [5.74, 6) is 0. The molecular formula is C5H10N2O3. The molecule has 58 valence electrons. The largest absolute Gasteiger partial charge is 0.464 e. The second-order valence-electron chi connectivity index (χ2n) is 1.67. The summed E-state index contributed by atoms with van der Waals surface area (Å²) in [5.41, 5.74) is 4.37. The third-order valence-corrected chi connectivity index (χ3v) is 0.819. The molecule has 0 aliphatic heterocycles.